The minimum absolute atomic E-state index is 0.0244. The third-order valence-corrected chi connectivity index (χ3v) is 2.65. The maximum absolute atomic E-state index is 5.93. The number of pyridine rings is 1. The highest BCUT2D eigenvalue weighted by Crippen LogP contribution is 2.16. The lowest BCUT2D eigenvalue weighted by molar-refractivity contribution is 0.675. The molecule has 92 valence electrons. The van der Waals surface area contributed by atoms with Gasteiger partial charge in [-0.15, -0.1) is 13.2 Å². The smallest absolute Gasteiger partial charge is 0.0572 e. The number of hydrogen-bond acceptors (Lipinski definition) is 3. The van der Waals surface area contributed by atoms with E-state index in [1.54, 1.807) is 0 Å². The quantitative estimate of drug-likeness (QED) is 0.734. The number of hydrogen-bond donors (Lipinski definition) is 1. The van der Waals surface area contributed by atoms with Crippen LogP contribution >= 0.6 is 0 Å². The molecular formula is C14H21N3. The number of nitrogens with two attached hydrogens (primary N) is 1. The molecule has 0 aliphatic carbocycles. The van der Waals surface area contributed by atoms with E-state index >= 15 is 0 Å². The molecule has 0 aromatic carbocycles. The van der Waals surface area contributed by atoms with Crippen molar-refractivity contribution in [3.05, 3.63) is 49.3 Å². The Morgan fingerprint density at radius 3 is 2.41 bits per heavy atom. The first-order valence-electron chi connectivity index (χ1n) is 5.91. The van der Waals surface area contributed by atoms with Crippen LogP contribution in [-0.2, 0) is 0 Å². The minimum atomic E-state index is 0.0244. The third-order valence-electron chi connectivity index (χ3n) is 2.65. The lowest BCUT2D eigenvalue weighted by atomic mass is 10.1. The number of aromatic nitrogens is 1. The van der Waals surface area contributed by atoms with Crippen LogP contribution in [0.2, 0.25) is 0 Å². The summed E-state index contributed by atoms with van der Waals surface area (Å²) in [5.41, 5.74) is 7.93. The van der Waals surface area contributed by atoms with E-state index in [1.807, 2.05) is 30.5 Å². The summed E-state index contributed by atoms with van der Waals surface area (Å²) in [4.78, 5) is 6.55. The van der Waals surface area contributed by atoms with E-state index in [-0.39, 0.29) is 6.04 Å². The van der Waals surface area contributed by atoms with Crippen molar-refractivity contribution in [1.82, 2.24) is 4.98 Å². The Hall–Kier alpha value is -1.61. The molecule has 1 aromatic heterocycles. The second kappa shape index (κ2) is 6.86. The Morgan fingerprint density at radius 1 is 1.35 bits per heavy atom. The predicted molar refractivity (Wildman–Crippen MR) is 74.1 cm³/mol. The van der Waals surface area contributed by atoms with E-state index in [0.717, 1.165) is 30.9 Å². The molecule has 0 fully saturated rings. The van der Waals surface area contributed by atoms with Crippen molar-refractivity contribution in [3.63, 3.8) is 0 Å². The SMILES string of the molecule is C=CCN(CC=C)c1ccc(C(N)CC)nc1. The molecule has 0 aliphatic heterocycles. The van der Waals surface area contributed by atoms with Gasteiger partial charge in [-0.3, -0.25) is 4.98 Å². The van der Waals surface area contributed by atoms with Crippen LogP contribution in [0.15, 0.2) is 43.6 Å². The Bertz CT molecular complexity index is 346. The molecule has 17 heavy (non-hydrogen) atoms. The molecule has 0 bridgehead atoms. The topological polar surface area (TPSA) is 42.1 Å². The van der Waals surface area contributed by atoms with Gasteiger partial charge in [0.05, 0.1) is 17.6 Å². The Kier molecular flexibility index (Phi) is 5.43. The second-order valence-corrected chi connectivity index (χ2v) is 3.94. The van der Waals surface area contributed by atoms with Crippen molar-refractivity contribution in [2.24, 2.45) is 5.73 Å². The lowest BCUT2D eigenvalue weighted by Gasteiger charge is -2.21. The molecule has 0 radical (unpaired) electrons. The van der Waals surface area contributed by atoms with Gasteiger partial charge in [-0.05, 0) is 18.6 Å². The summed E-state index contributed by atoms with van der Waals surface area (Å²) in [6.07, 6.45) is 6.50. The monoisotopic (exact) mass is 231 g/mol. The van der Waals surface area contributed by atoms with Crippen molar-refractivity contribution in [2.45, 2.75) is 19.4 Å². The van der Waals surface area contributed by atoms with Gasteiger partial charge in [0.1, 0.15) is 0 Å². The zero-order valence-electron chi connectivity index (χ0n) is 10.5. The van der Waals surface area contributed by atoms with Gasteiger partial charge in [-0.2, -0.15) is 0 Å². The van der Waals surface area contributed by atoms with Gasteiger partial charge in [-0.1, -0.05) is 19.1 Å². The Balaban J connectivity index is 2.83. The van der Waals surface area contributed by atoms with E-state index in [4.69, 9.17) is 5.73 Å². The Morgan fingerprint density at radius 2 is 2.00 bits per heavy atom. The lowest BCUT2D eigenvalue weighted by Crippen LogP contribution is -2.23. The van der Waals surface area contributed by atoms with Gasteiger partial charge in [0.15, 0.2) is 0 Å². The van der Waals surface area contributed by atoms with Crippen molar-refractivity contribution in [1.29, 1.82) is 0 Å². The summed E-state index contributed by atoms with van der Waals surface area (Å²) in [5.74, 6) is 0. The van der Waals surface area contributed by atoms with E-state index < -0.39 is 0 Å². The summed E-state index contributed by atoms with van der Waals surface area (Å²) in [5, 5.41) is 0. The second-order valence-electron chi connectivity index (χ2n) is 3.94. The first-order valence-corrected chi connectivity index (χ1v) is 5.91. The molecule has 0 saturated heterocycles. The first-order chi connectivity index (χ1) is 8.22. The van der Waals surface area contributed by atoms with Gasteiger partial charge in [-0.25, -0.2) is 0 Å². The molecule has 0 saturated carbocycles. The molecule has 0 amide bonds. The third kappa shape index (κ3) is 3.71. The van der Waals surface area contributed by atoms with Gasteiger partial charge >= 0.3 is 0 Å². The molecule has 2 N–H and O–H groups in total. The summed E-state index contributed by atoms with van der Waals surface area (Å²) in [6.45, 7) is 11.1. The maximum Gasteiger partial charge on any atom is 0.0572 e. The van der Waals surface area contributed by atoms with Crippen LogP contribution in [-0.4, -0.2) is 18.1 Å². The maximum atomic E-state index is 5.93. The van der Waals surface area contributed by atoms with Crippen LogP contribution in [0.25, 0.3) is 0 Å². The zero-order chi connectivity index (χ0) is 12.7. The van der Waals surface area contributed by atoms with Crippen molar-refractivity contribution in [2.75, 3.05) is 18.0 Å². The van der Waals surface area contributed by atoms with Gasteiger partial charge < -0.3 is 10.6 Å². The molecule has 1 unspecified atom stereocenters. The fraction of sp³-hybridized carbons (Fsp3) is 0.357. The number of rotatable bonds is 7. The van der Waals surface area contributed by atoms with Gasteiger partial charge in [0.25, 0.3) is 0 Å². The molecule has 3 heteroatoms. The van der Waals surface area contributed by atoms with Gasteiger partial charge in [0.2, 0.25) is 0 Å². The van der Waals surface area contributed by atoms with E-state index in [1.165, 1.54) is 0 Å². The molecule has 0 spiro atoms. The highest BCUT2D eigenvalue weighted by atomic mass is 15.1. The Labute approximate surface area is 104 Å². The molecule has 1 atom stereocenters. The zero-order valence-corrected chi connectivity index (χ0v) is 10.5. The van der Waals surface area contributed by atoms with Crippen LogP contribution in [0.3, 0.4) is 0 Å². The van der Waals surface area contributed by atoms with Gasteiger partial charge in [0, 0.05) is 19.1 Å². The fourth-order valence-corrected chi connectivity index (χ4v) is 1.61. The van der Waals surface area contributed by atoms with Crippen molar-refractivity contribution >= 4 is 5.69 Å². The summed E-state index contributed by atoms with van der Waals surface area (Å²) < 4.78 is 0. The fourth-order valence-electron chi connectivity index (χ4n) is 1.61. The van der Waals surface area contributed by atoms with Crippen molar-refractivity contribution in [3.8, 4) is 0 Å². The highest BCUT2D eigenvalue weighted by molar-refractivity contribution is 5.46. The minimum Gasteiger partial charge on any atom is -0.363 e. The van der Waals surface area contributed by atoms with Crippen molar-refractivity contribution < 1.29 is 0 Å². The molecule has 0 aliphatic rings. The van der Waals surface area contributed by atoms with Crippen LogP contribution in [0.5, 0.6) is 0 Å². The first kappa shape index (κ1) is 13.5. The van der Waals surface area contributed by atoms with Crippen LogP contribution in [0.1, 0.15) is 25.1 Å². The molecule has 1 aromatic rings. The highest BCUT2D eigenvalue weighted by Gasteiger charge is 2.07. The average molecular weight is 231 g/mol. The summed E-state index contributed by atoms with van der Waals surface area (Å²) in [7, 11) is 0. The number of nitrogens with zero attached hydrogens (tertiary/aromatic N) is 2. The van der Waals surface area contributed by atoms with Crippen LogP contribution in [0, 0.1) is 0 Å². The molecular weight excluding hydrogens is 210 g/mol. The normalized spacial score (nSPS) is 11.9. The summed E-state index contributed by atoms with van der Waals surface area (Å²) >= 11 is 0. The molecule has 3 nitrogen and oxygen atoms in total. The van der Waals surface area contributed by atoms with Crippen LogP contribution in [0.4, 0.5) is 5.69 Å². The average Bonchev–Trinajstić information content (AvgIpc) is 2.38. The standard InChI is InChI=1S/C14H21N3/c1-4-9-17(10-5-2)12-7-8-14(16-11-12)13(15)6-3/h4-5,7-8,11,13H,1-2,6,9-10,15H2,3H3. The van der Waals surface area contributed by atoms with E-state index in [0.29, 0.717) is 0 Å². The predicted octanol–water partition coefficient (Wildman–Crippen LogP) is 2.67. The molecule has 1 rings (SSSR count). The number of anilines is 1. The largest absolute Gasteiger partial charge is 0.363 e. The van der Waals surface area contributed by atoms with E-state index in [2.05, 4.69) is 30.0 Å². The molecule has 1 heterocycles. The van der Waals surface area contributed by atoms with E-state index in [9.17, 15) is 0 Å². The summed E-state index contributed by atoms with van der Waals surface area (Å²) in [6, 6.07) is 4.06. The van der Waals surface area contributed by atoms with Crippen LogP contribution < -0.4 is 10.6 Å².